The van der Waals surface area contributed by atoms with Gasteiger partial charge in [0.25, 0.3) is 0 Å². The Morgan fingerprint density at radius 3 is 1.11 bits per heavy atom. The molecule has 4 aromatic rings. The third-order valence-electron chi connectivity index (χ3n) is 14.4. The molecule has 2 heterocycles. The molecular weight excluding hydrogens is 745 g/mol. The Labute approximate surface area is 372 Å². The number of ether oxygens (including phenoxy) is 1. The van der Waals surface area contributed by atoms with Crippen LogP contribution in [0.15, 0.2) is 73.3 Å². The summed E-state index contributed by atoms with van der Waals surface area (Å²) in [5.41, 5.74) is 7.26. The van der Waals surface area contributed by atoms with Crippen LogP contribution >= 0.6 is 0 Å². The summed E-state index contributed by atoms with van der Waals surface area (Å²) in [5, 5.41) is 0. The highest BCUT2D eigenvalue weighted by atomic mass is 16.5. The van der Waals surface area contributed by atoms with Crippen molar-refractivity contribution in [2.45, 2.75) is 207 Å². The lowest BCUT2D eigenvalue weighted by Crippen LogP contribution is -2.28. The first-order valence-corrected chi connectivity index (χ1v) is 25.6. The molecule has 61 heavy (non-hydrogen) atoms. The lowest BCUT2D eigenvalue weighted by molar-refractivity contribution is -0.0907. The first kappa shape index (κ1) is 47.0. The molecule has 2 atom stereocenters. The van der Waals surface area contributed by atoms with Crippen LogP contribution in [0, 0.1) is 23.7 Å². The van der Waals surface area contributed by atoms with Gasteiger partial charge in [0.05, 0.1) is 12.2 Å². The van der Waals surface area contributed by atoms with Crippen molar-refractivity contribution in [2.75, 3.05) is 0 Å². The fourth-order valence-corrected chi connectivity index (χ4v) is 10.4. The average Bonchev–Trinajstić information content (AvgIpc) is 3.31. The van der Waals surface area contributed by atoms with Crippen LogP contribution in [0.2, 0.25) is 0 Å². The minimum absolute atomic E-state index is 0.0530. The minimum atomic E-state index is 0.0530. The molecule has 332 valence electrons. The number of aromatic nitrogens is 4. The van der Waals surface area contributed by atoms with Crippen molar-refractivity contribution >= 4 is 0 Å². The van der Waals surface area contributed by atoms with E-state index in [1.807, 2.05) is 24.8 Å². The molecule has 0 aliphatic heterocycles. The number of hydrogen-bond donors (Lipinski definition) is 0. The summed E-state index contributed by atoms with van der Waals surface area (Å²) < 4.78 is 7.74. The van der Waals surface area contributed by atoms with Crippen LogP contribution in [0.4, 0.5) is 0 Å². The molecule has 0 amide bonds. The summed E-state index contributed by atoms with van der Waals surface area (Å²) in [6, 6.07) is 18.4. The van der Waals surface area contributed by atoms with Gasteiger partial charge in [-0.1, -0.05) is 192 Å². The zero-order chi connectivity index (χ0) is 42.5. The van der Waals surface area contributed by atoms with Crippen LogP contribution in [0.1, 0.15) is 216 Å². The second kappa shape index (κ2) is 26.2. The summed E-state index contributed by atoms with van der Waals surface area (Å²) in [7, 11) is 0. The van der Waals surface area contributed by atoms with Crippen LogP contribution in [-0.2, 0) is 17.6 Å². The van der Waals surface area contributed by atoms with E-state index in [9.17, 15) is 0 Å². The standard InChI is InChI=1S/C56H82N4O/c1-5-9-13-17-21-45-39-57-55(58-40-45)51-35-31-49(32-36-51)53(47-27-23-43(24-28-47)19-15-11-7-3)61-54(48-29-25-44(26-30-48)20-16-12-8-4)50-33-37-52(38-34-50)56-59-41-46(42-60-56)22-18-14-10-6-2/h31-44,47-48,53-54H,5-30H2,1-4H3/t43-,44-,47-,48-,53?,54?. The molecule has 2 saturated carbocycles. The first-order valence-electron chi connectivity index (χ1n) is 25.6. The van der Waals surface area contributed by atoms with Crippen molar-refractivity contribution in [2.24, 2.45) is 23.7 Å². The quantitative estimate of drug-likeness (QED) is 0.0590. The lowest BCUT2D eigenvalue weighted by Gasteiger charge is -2.40. The fraction of sp³-hybridized carbons (Fsp3) is 0.643. The van der Waals surface area contributed by atoms with E-state index in [0.717, 1.165) is 47.5 Å². The molecule has 0 saturated heterocycles. The summed E-state index contributed by atoms with van der Waals surface area (Å²) in [5.74, 6) is 4.37. The largest absolute Gasteiger partial charge is 0.365 e. The third-order valence-corrected chi connectivity index (χ3v) is 14.4. The maximum absolute atomic E-state index is 7.74. The van der Waals surface area contributed by atoms with Crippen molar-refractivity contribution in [3.05, 3.63) is 95.6 Å². The first-order chi connectivity index (χ1) is 30.1. The predicted octanol–water partition coefficient (Wildman–Crippen LogP) is 16.4. The lowest BCUT2D eigenvalue weighted by atomic mass is 9.74. The molecule has 5 nitrogen and oxygen atoms in total. The average molecular weight is 827 g/mol. The Bertz CT molecular complexity index is 1610. The van der Waals surface area contributed by atoms with Gasteiger partial charge in [-0.25, -0.2) is 19.9 Å². The normalized spacial score (nSPS) is 20.4. The van der Waals surface area contributed by atoms with Crippen LogP contribution in [0.3, 0.4) is 0 Å². The number of benzene rings is 2. The molecule has 0 bridgehead atoms. The van der Waals surface area contributed by atoms with Gasteiger partial charge >= 0.3 is 0 Å². The van der Waals surface area contributed by atoms with Gasteiger partial charge in [0, 0.05) is 35.9 Å². The van der Waals surface area contributed by atoms with Crippen LogP contribution < -0.4 is 0 Å². The molecule has 0 spiro atoms. The van der Waals surface area contributed by atoms with E-state index in [4.69, 9.17) is 24.7 Å². The van der Waals surface area contributed by atoms with Gasteiger partial charge in [-0.2, -0.15) is 0 Å². The van der Waals surface area contributed by atoms with Gasteiger partial charge in [0.15, 0.2) is 11.6 Å². The van der Waals surface area contributed by atoms with E-state index >= 15 is 0 Å². The van der Waals surface area contributed by atoms with E-state index in [2.05, 4.69) is 76.2 Å². The molecule has 5 heteroatoms. The van der Waals surface area contributed by atoms with Gasteiger partial charge in [-0.05, 0) is 97.3 Å². The SMILES string of the molecule is CCCCCCc1cnc(-c2ccc(C(OC(c3ccc(-c4ncc(CCCCCC)cn4)cc3)[C@H]3CC[C@H](CCCCC)CC3)[C@H]3CC[C@H](CCCCC)CC3)cc2)nc1. The van der Waals surface area contributed by atoms with Gasteiger partial charge in [-0.15, -0.1) is 0 Å². The van der Waals surface area contributed by atoms with Crippen molar-refractivity contribution in [3.63, 3.8) is 0 Å². The number of rotatable bonds is 26. The summed E-state index contributed by atoms with van der Waals surface area (Å²) in [4.78, 5) is 19.3. The van der Waals surface area contributed by atoms with Gasteiger partial charge < -0.3 is 4.74 Å². The zero-order valence-corrected chi connectivity index (χ0v) is 39.0. The minimum Gasteiger partial charge on any atom is -0.365 e. The summed E-state index contributed by atoms with van der Waals surface area (Å²) in [6.07, 6.45) is 41.6. The zero-order valence-electron chi connectivity index (χ0n) is 39.0. The molecule has 0 radical (unpaired) electrons. The van der Waals surface area contributed by atoms with E-state index < -0.39 is 0 Å². The van der Waals surface area contributed by atoms with Crippen LogP contribution in [-0.4, -0.2) is 19.9 Å². The second-order valence-corrected chi connectivity index (χ2v) is 19.2. The van der Waals surface area contributed by atoms with Gasteiger partial charge in [0.2, 0.25) is 0 Å². The van der Waals surface area contributed by atoms with Gasteiger partial charge in [-0.3, -0.25) is 0 Å². The molecule has 2 aliphatic carbocycles. The number of hydrogen-bond acceptors (Lipinski definition) is 5. The maximum Gasteiger partial charge on any atom is 0.159 e. The van der Waals surface area contributed by atoms with Crippen molar-refractivity contribution in [1.82, 2.24) is 19.9 Å². The molecular formula is C56H82N4O. The van der Waals surface area contributed by atoms with Crippen molar-refractivity contribution < 1.29 is 4.74 Å². The Balaban J connectivity index is 1.23. The highest BCUT2D eigenvalue weighted by Gasteiger charge is 2.36. The topological polar surface area (TPSA) is 60.8 Å². The highest BCUT2D eigenvalue weighted by Crippen LogP contribution is 2.47. The van der Waals surface area contributed by atoms with Crippen LogP contribution in [0.25, 0.3) is 22.8 Å². The molecule has 0 N–H and O–H groups in total. The smallest absolute Gasteiger partial charge is 0.159 e. The van der Waals surface area contributed by atoms with E-state index in [1.165, 1.54) is 176 Å². The predicted molar refractivity (Wildman–Crippen MR) is 256 cm³/mol. The summed E-state index contributed by atoms with van der Waals surface area (Å²) in [6.45, 7) is 9.18. The molecule has 2 fully saturated rings. The molecule has 2 aromatic carbocycles. The molecule has 2 aromatic heterocycles. The van der Waals surface area contributed by atoms with Crippen molar-refractivity contribution in [1.29, 1.82) is 0 Å². The van der Waals surface area contributed by atoms with E-state index in [-0.39, 0.29) is 12.2 Å². The van der Waals surface area contributed by atoms with Gasteiger partial charge in [0.1, 0.15) is 0 Å². The fourth-order valence-electron chi connectivity index (χ4n) is 10.4. The Hall–Kier alpha value is -3.44. The molecule has 2 aliphatic rings. The third kappa shape index (κ3) is 14.8. The van der Waals surface area contributed by atoms with Crippen molar-refractivity contribution in [3.8, 4) is 22.8 Å². The Morgan fingerprint density at radius 1 is 0.426 bits per heavy atom. The molecule has 6 rings (SSSR count). The monoisotopic (exact) mass is 827 g/mol. The summed E-state index contributed by atoms with van der Waals surface area (Å²) >= 11 is 0. The molecule has 2 unspecified atom stereocenters. The number of aryl methyl sites for hydroxylation is 2. The van der Waals surface area contributed by atoms with E-state index in [0.29, 0.717) is 11.8 Å². The second-order valence-electron chi connectivity index (χ2n) is 19.2. The Kier molecular flexibility index (Phi) is 20.2. The maximum atomic E-state index is 7.74. The van der Waals surface area contributed by atoms with E-state index in [1.54, 1.807) is 0 Å². The number of unbranched alkanes of at least 4 members (excludes halogenated alkanes) is 10. The number of nitrogens with zero attached hydrogens (tertiary/aromatic N) is 4. The Morgan fingerprint density at radius 2 is 0.770 bits per heavy atom. The van der Waals surface area contributed by atoms with Crippen LogP contribution in [0.5, 0.6) is 0 Å². The highest BCUT2D eigenvalue weighted by molar-refractivity contribution is 5.56.